The Balaban J connectivity index is 1.41. The average molecular weight is 601 g/mol. The van der Waals surface area contributed by atoms with E-state index in [0.717, 1.165) is 10.6 Å². The fourth-order valence-electron chi connectivity index (χ4n) is 5.41. The van der Waals surface area contributed by atoms with Crippen LogP contribution in [-0.2, 0) is 17.5 Å². The van der Waals surface area contributed by atoms with Crippen LogP contribution in [-0.4, -0.2) is 53.6 Å². The third kappa shape index (κ3) is 5.84. The molecule has 1 unspecified atom stereocenters. The van der Waals surface area contributed by atoms with Gasteiger partial charge in [-0.3, -0.25) is 14.5 Å². The summed E-state index contributed by atoms with van der Waals surface area (Å²) in [6, 6.07) is 6.54. The van der Waals surface area contributed by atoms with E-state index < -0.39 is 36.4 Å². The smallest absolute Gasteiger partial charge is 0.381 e. The summed E-state index contributed by atoms with van der Waals surface area (Å²) >= 11 is 0. The molecule has 1 fully saturated rings. The second kappa shape index (κ2) is 11.2. The number of pyridine rings is 3. The lowest BCUT2D eigenvalue weighted by molar-refractivity contribution is -0.141. The van der Waals surface area contributed by atoms with Crippen LogP contribution in [0.3, 0.4) is 0 Å². The molecule has 1 atom stereocenters. The third-order valence-electron chi connectivity index (χ3n) is 7.44. The molecule has 6 heterocycles. The number of nitrogens with zero attached hydrogens (tertiary/aromatic N) is 7. The van der Waals surface area contributed by atoms with E-state index in [9.17, 15) is 26.7 Å². The van der Waals surface area contributed by atoms with Gasteiger partial charge >= 0.3 is 6.18 Å². The molecule has 0 radical (unpaired) electrons. The molecule has 0 bridgehead atoms. The van der Waals surface area contributed by atoms with Crippen LogP contribution in [0.1, 0.15) is 30.1 Å². The second-order valence-electron chi connectivity index (χ2n) is 10.3. The summed E-state index contributed by atoms with van der Waals surface area (Å²) in [5.74, 6) is 0.0300. The fraction of sp³-hybridized carbons (Fsp3) is 0.321. The molecule has 0 spiro atoms. The van der Waals surface area contributed by atoms with Crippen molar-refractivity contribution in [2.45, 2.75) is 38.0 Å². The van der Waals surface area contributed by atoms with E-state index in [2.05, 4.69) is 20.2 Å². The highest BCUT2D eigenvalue weighted by Gasteiger charge is 2.34. The standard InChI is InChI=1S/C28H25F5N8O2/c29-23(30)15-39-6-3-17(10-24(39)42)21-9-19(13-41-26(21)37-27(34)38-41)20-12-36-40(14-20)25(16-4-7-43-8-5-16)18-1-2-22(35-11-18)28(31,32)33/h1-3,6,9-14,16,23,25H,4-5,7-8,15H2,(H2,34,38). The van der Waals surface area contributed by atoms with Crippen molar-refractivity contribution in [3.05, 3.63) is 82.9 Å². The normalized spacial score (nSPS) is 15.4. The topological polar surface area (TPSA) is 118 Å². The second-order valence-corrected chi connectivity index (χ2v) is 10.3. The van der Waals surface area contributed by atoms with Crippen LogP contribution in [0.2, 0.25) is 0 Å². The van der Waals surface area contributed by atoms with Gasteiger partial charge in [-0.05, 0) is 48.1 Å². The quantitative estimate of drug-likeness (QED) is 0.269. The number of nitrogen functional groups attached to an aromatic ring is 1. The maximum absolute atomic E-state index is 13.2. The van der Waals surface area contributed by atoms with Gasteiger partial charge in [0.05, 0.1) is 18.8 Å². The van der Waals surface area contributed by atoms with E-state index in [1.54, 1.807) is 29.3 Å². The van der Waals surface area contributed by atoms with Crippen molar-refractivity contribution in [1.29, 1.82) is 0 Å². The molecule has 224 valence electrons. The number of ether oxygens (including phenoxy) is 1. The Morgan fingerprint density at radius 3 is 2.49 bits per heavy atom. The van der Waals surface area contributed by atoms with Crippen molar-refractivity contribution >= 4 is 11.6 Å². The Labute approximate surface area is 240 Å². The van der Waals surface area contributed by atoms with E-state index in [1.165, 1.54) is 35.1 Å². The lowest BCUT2D eigenvalue weighted by Crippen LogP contribution is -2.27. The molecule has 43 heavy (non-hydrogen) atoms. The third-order valence-corrected chi connectivity index (χ3v) is 7.44. The molecule has 1 aliphatic heterocycles. The summed E-state index contributed by atoms with van der Waals surface area (Å²) in [4.78, 5) is 20.5. The lowest BCUT2D eigenvalue weighted by Gasteiger charge is -2.30. The van der Waals surface area contributed by atoms with Gasteiger partial charge in [0.2, 0.25) is 5.95 Å². The maximum atomic E-state index is 13.2. The fourth-order valence-corrected chi connectivity index (χ4v) is 5.41. The van der Waals surface area contributed by atoms with E-state index >= 15 is 0 Å². The number of hydrogen-bond acceptors (Lipinski definition) is 7. The predicted molar refractivity (Wildman–Crippen MR) is 145 cm³/mol. The largest absolute Gasteiger partial charge is 0.433 e. The van der Waals surface area contributed by atoms with Crippen molar-refractivity contribution in [2.24, 2.45) is 5.92 Å². The van der Waals surface area contributed by atoms with Gasteiger partial charge in [-0.25, -0.2) is 13.3 Å². The van der Waals surface area contributed by atoms with Crippen molar-refractivity contribution in [2.75, 3.05) is 18.9 Å². The monoisotopic (exact) mass is 600 g/mol. The zero-order valence-corrected chi connectivity index (χ0v) is 22.5. The van der Waals surface area contributed by atoms with Crippen LogP contribution < -0.4 is 11.3 Å². The zero-order valence-electron chi connectivity index (χ0n) is 22.5. The van der Waals surface area contributed by atoms with E-state index in [1.807, 2.05) is 0 Å². The molecule has 10 nitrogen and oxygen atoms in total. The molecule has 0 aromatic carbocycles. The maximum Gasteiger partial charge on any atom is 0.433 e. The molecule has 15 heteroatoms. The summed E-state index contributed by atoms with van der Waals surface area (Å²) in [5.41, 5.74) is 7.43. The highest BCUT2D eigenvalue weighted by molar-refractivity contribution is 5.82. The molecule has 6 rings (SSSR count). The first kappa shape index (κ1) is 28.5. The zero-order chi connectivity index (χ0) is 30.3. The lowest BCUT2D eigenvalue weighted by atomic mass is 9.87. The number of aromatic nitrogens is 7. The molecular weight excluding hydrogens is 575 g/mol. The van der Waals surface area contributed by atoms with Gasteiger partial charge in [0.15, 0.2) is 5.65 Å². The highest BCUT2D eigenvalue weighted by atomic mass is 19.4. The SMILES string of the molecule is Nc1nc2c(-c3ccn(CC(F)F)c(=O)c3)cc(-c3cnn(C(c4ccc(C(F)(F)F)nc4)C4CCOCC4)c3)cn2n1. The Morgan fingerprint density at radius 1 is 1.02 bits per heavy atom. The minimum Gasteiger partial charge on any atom is -0.381 e. The molecule has 2 N–H and O–H groups in total. The Kier molecular flexibility index (Phi) is 7.42. The molecule has 5 aromatic heterocycles. The van der Waals surface area contributed by atoms with Crippen molar-refractivity contribution in [1.82, 2.24) is 33.9 Å². The first-order valence-corrected chi connectivity index (χ1v) is 13.4. The number of hydrogen-bond donors (Lipinski definition) is 1. The number of halogens is 5. The number of alkyl halides is 5. The minimum atomic E-state index is -4.55. The van der Waals surface area contributed by atoms with E-state index in [4.69, 9.17) is 10.5 Å². The average Bonchev–Trinajstić information content (AvgIpc) is 3.60. The van der Waals surface area contributed by atoms with Crippen LogP contribution in [0.4, 0.5) is 27.9 Å². The first-order chi connectivity index (χ1) is 20.6. The van der Waals surface area contributed by atoms with E-state index in [-0.39, 0.29) is 11.9 Å². The molecule has 1 saturated heterocycles. The first-order valence-electron chi connectivity index (χ1n) is 13.4. The number of fused-ring (bicyclic) bond motifs is 1. The van der Waals surface area contributed by atoms with Crippen molar-refractivity contribution in [3.8, 4) is 22.3 Å². The van der Waals surface area contributed by atoms with Gasteiger partial charge in [-0.15, -0.1) is 5.10 Å². The molecular formula is C28H25F5N8O2. The van der Waals surface area contributed by atoms with Crippen LogP contribution in [0.25, 0.3) is 27.9 Å². The molecule has 5 aromatic rings. The van der Waals surface area contributed by atoms with Crippen LogP contribution >= 0.6 is 0 Å². The van der Waals surface area contributed by atoms with Gasteiger partial charge in [-0.2, -0.15) is 23.3 Å². The minimum absolute atomic E-state index is 0.00507. The Bertz CT molecular complexity index is 1810. The van der Waals surface area contributed by atoms with Gasteiger partial charge in [0.25, 0.3) is 12.0 Å². The van der Waals surface area contributed by atoms with Crippen molar-refractivity contribution in [3.63, 3.8) is 0 Å². The van der Waals surface area contributed by atoms with Gasteiger partial charge < -0.3 is 15.0 Å². The van der Waals surface area contributed by atoms with Crippen molar-refractivity contribution < 1.29 is 26.7 Å². The van der Waals surface area contributed by atoms with Crippen LogP contribution in [0, 0.1) is 5.92 Å². The summed E-state index contributed by atoms with van der Waals surface area (Å²) in [5, 5.41) is 8.80. The predicted octanol–water partition coefficient (Wildman–Crippen LogP) is 4.70. The highest BCUT2D eigenvalue weighted by Crippen LogP contribution is 2.36. The van der Waals surface area contributed by atoms with Gasteiger partial charge in [-0.1, -0.05) is 6.07 Å². The summed E-state index contributed by atoms with van der Waals surface area (Å²) < 4.78 is 74.9. The molecule has 1 aliphatic rings. The molecule has 0 amide bonds. The Hall–Kier alpha value is -4.66. The molecule has 0 aliphatic carbocycles. The Morgan fingerprint density at radius 2 is 1.81 bits per heavy atom. The van der Waals surface area contributed by atoms with Crippen LogP contribution in [0.5, 0.6) is 0 Å². The van der Waals surface area contributed by atoms with Gasteiger partial charge in [0.1, 0.15) is 5.69 Å². The number of anilines is 1. The summed E-state index contributed by atoms with van der Waals surface area (Å²) in [7, 11) is 0. The number of rotatable bonds is 7. The van der Waals surface area contributed by atoms with E-state index in [0.29, 0.717) is 59.5 Å². The van der Waals surface area contributed by atoms with Gasteiger partial charge in [0, 0.05) is 60.8 Å². The summed E-state index contributed by atoms with van der Waals surface area (Å²) in [6.07, 6.45) is 1.75. The number of nitrogens with two attached hydrogens (primary N) is 1. The van der Waals surface area contributed by atoms with Crippen LogP contribution in [0.15, 0.2) is 66.1 Å². The molecule has 0 saturated carbocycles. The summed E-state index contributed by atoms with van der Waals surface area (Å²) in [6.45, 7) is 0.314.